The molecule has 5 heteroatoms. The fourth-order valence-corrected chi connectivity index (χ4v) is 1.38. The van der Waals surface area contributed by atoms with Crippen molar-refractivity contribution in [2.24, 2.45) is 5.92 Å². The molecule has 0 radical (unpaired) electrons. The van der Waals surface area contributed by atoms with Crippen molar-refractivity contribution in [1.82, 2.24) is 15.5 Å². The van der Waals surface area contributed by atoms with Crippen LogP contribution in [0.4, 0.5) is 4.79 Å². The summed E-state index contributed by atoms with van der Waals surface area (Å²) in [5.74, 6) is 0.352. The van der Waals surface area contributed by atoms with E-state index in [1.54, 1.807) is 4.90 Å². The lowest BCUT2D eigenvalue weighted by molar-refractivity contribution is -0.121. The van der Waals surface area contributed by atoms with Gasteiger partial charge in [-0.3, -0.25) is 4.79 Å². The SMILES string of the molecule is CC(C)CNC(=O)CN1CCCNC1=O. The van der Waals surface area contributed by atoms with Crippen LogP contribution in [0.1, 0.15) is 20.3 Å². The largest absolute Gasteiger partial charge is 0.354 e. The van der Waals surface area contributed by atoms with Crippen molar-refractivity contribution in [2.45, 2.75) is 20.3 Å². The maximum Gasteiger partial charge on any atom is 0.317 e. The zero-order valence-corrected chi connectivity index (χ0v) is 9.38. The molecule has 0 aromatic heterocycles. The normalized spacial score (nSPS) is 16.5. The van der Waals surface area contributed by atoms with Gasteiger partial charge in [-0.2, -0.15) is 0 Å². The summed E-state index contributed by atoms with van der Waals surface area (Å²) in [6.45, 7) is 6.28. The van der Waals surface area contributed by atoms with E-state index in [2.05, 4.69) is 10.6 Å². The quantitative estimate of drug-likeness (QED) is 0.699. The second-order valence-corrected chi connectivity index (χ2v) is 4.20. The summed E-state index contributed by atoms with van der Waals surface area (Å²) in [6, 6.07) is -0.138. The fraction of sp³-hybridized carbons (Fsp3) is 0.800. The number of carbonyl (C=O) groups is 2. The third kappa shape index (κ3) is 4.18. The number of nitrogens with zero attached hydrogens (tertiary/aromatic N) is 1. The Morgan fingerprint density at radius 1 is 1.60 bits per heavy atom. The van der Waals surface area contributed by atoms with Gasteiger partial charge < -0.3 is 15.5 Å². The molecule has 1 fully saturated rings. The average molecular weight is 213 g/mol. The van der Waals surface area contributed by atoms with Gasteiger partial charge in [-0.05, 0) is 12.3 Å². The first-order valence-electron chi connectivity index (χ1n) is 5.39. The van der Waals surface area contributed by atoms with E-state index in [0.717, 1.165) is 6.42 Å². The summed E-state index contributed by atoms with van der Waals surface area (Å²) in [5.41, 5.74) is 0. The summed E-state index contributed by atoms with van der Waals surface area (Å²) in [5, 5.41) is 5.50. The number of nitrogens with one attached hydrogen (secondary N) is 2. The molecule has 1 heterocycles. The highest BCUT2D eigenvalue weighted by atomic mass is 16.2. The predicted molar refractivity (Wildman–Crippen MR) is 57.4 cm³/mol. The van der Waals surface area contributed by atoms with E-state index in [1.165, 1.54) is 0 Å². The lowest BCUT2D eigenvalue weighted by atomic mass is 10.2. The highest BCUT2D eigenvalue weighted by Gasteiger charge is 2.19. The van der Waals surface area contributed by atoms with E-state index in [4.69, 9.17) is 0 Å². The van der Waals surface area contributed by atoms with E-state index in [0.29, 0.717) is 25.6 Å². The third-order valence-corrected chi connectivity index (χ3v) is 2.21. The standard InChI is InChI=1S/C10H19N3O2/c1-8(2)6-12-9(14)7-13-5-3-4-11-10(13)15/h8H,3-7H2,1-2H3,(H,11,15)(H,12,14). The van der Waals surface area contributed by atoms with Crippen LogP contribution in [0.15, 0.2) is 0 Å². The summed E-state index contributed by atoms with van der Waals surface area (Å²) in [6.07, 6.45) is 0.906. The number of carbonyl (C=O) groups excluding carboxylic acids is 2. The molecule has 1 saturated heterocycles. The van der Waals surface area contributed by atoms with Crippen LogP contribution in [0, 0.1) is 5.92 Å². The van der Waals surface area contributed by atoms with Gasteiger partial charge in [0.15, 0.2) is 0 Å². The van der Waals surface area contributed by atoms with Crippen LogP contribution in [0.2, 0.25) is 0 Å². The average Bonchev–Trinajstić information content (AvgIpc) is 2.18. The van der Waals surface area contributed by atoms with Crippen molar-refractivity contribution < 1.29 is 9.59 Å². The van der Waals surface area contributed by atoms with Crippen LogP contribution in [0.5, 0.6) is 0 Å². The molecule has 0 aliphatic carbocycles. The monoisotopic (exact) mass is 213 g/mol. The maximum absolute atomic E-state index is 11.4. The van der Waals surface area contributed by atoms with Crippen LogP contribution in [0.3, 0.4) is 0 Å². The van der Waals surface area contributed by atoms with Crippen molar-refractivity contribution >= 4 is 11.9 Å². The summed E-state index contributed by atoms with van der Waals surface area (Å²) in [4.78, 5) is 24.3. The third-order valence-electron chi connectivity index (χ3n) is 2.21. The molecule has 0 atom stereocenters. The van der Waals surface area contributed by atoms with E-state index in [9.17, 15) is 9.59 Å². The molecule has 0 aromatic carbocycles. The van der Waals surface area contributed by atoms with Crippen LogP contribution in [-0.2, 0) is 4.79 Å². The highest BCUT2D eigenvalue weighted by molar-refractivity contribution is 5.84. The first-order valence-corrected chi connectivity index (χ1v) is 5.39. The molecular formula is C10H19N3O2. The van der Waals surface area contributed by atoms with Gasteiger partial charge in [-0.15, -0.1) is 0 Å². The van der Waals surface area contributed by atoms with Gasteiger partial charge >= 0.3 is 6.03 Å². The minimum Gasteiger partial charge on any atom is -0.354 e. The fourth-order valence-electron chi connectivity index (χ4n) is 1.38. The zero-order chi connectivity index (χ0) is 11.3. The lowest BCUT2D eigenvalue weighted by Crippen LogP contribution is -2.50. The Morgan fingerprint density at radius 2 is 2.33 bits per heavy atom. The van der Waals surface area contributed by atoms with E-state index >= 15 is 0 Å². The van der Waals surface area contributed by atoms with Crippen molar-refractivity contribution in [3.63, 3.8) is 0 Å². The molecule has 1 aliphatic rings. The van der Waals surface area contributed by atoms with Gasteiger partial charge in [-0.1, -0.05) is 13.8 Å². The van der Waals surface area contributed by atoms with Crippen molar-refractivity contribution in [2.75, 3.05) is 26.2 Å². The highest BCUT2D eigenvalue weighted by Crippen LogP contribution is 1.98. The molecule has 15 heavy (non-hydrogen) atoms. The first-order chi connectivity index (χ1) is 7.09. The molecule has 0 saturated carbocycles. The smallest absolute Gasteiger partial charge is 0.317 e. The number of hydrogen-bond acceptors (Lipinski definition) is 2. The number of urea groups is 1. The predicted octanol–water partition coefficient (Wildman–Crippen LogP) is 0.174. The molecule has 3 amide bonds. The van der Waals surface area contributed by atoms with E-state index < -0.39 is 0 Å². The van der Waals surface area contributed by atoms with Crippen LogP contribution < -0.4 is 10.6 Å². The molecule has 0 aromatic rings. The Hall–Kier alpha value is -1.26. The van der Waals surface area contributed by atoms with E-state index in [-0.39, 0.29) is 18.5 Å². The van der Waals surface area contributed by atoms with Gasteiger partial charge in [0, 0.05) is 19.6 Å². The molecule has 86 valence electrons. The number of amides is 3. The van der Waals surface area contributed by atoms with Gasteiger partial charge in [0.2, 0.25) is 5.91 Å². The molecule has 5 nitrogen and oxygen atoms in total. The minimum absolute atomic E-state index is 0.0826. The van der Waals surface area contributed by atoms with Gasteiger partial charge in [0.05, 0.1) is 0 Å². The Morgan fingerprint density at radius 3 is 2.93 bits per heavy atom. The van der Waals surface area contributed by atoms with Crippen molar-refractivity contribution in [3.8, 4) is 0 Å². The molecule has 2 N–H and O–H groups in total. The summed E-state index contributed by atoms with van der Waals surface area (Å²) in [7, 11) is 0. The van der Waals surface area contributed by atoms with Crippen LogP contribution >= 0.6 is 0 Å². The topological polar surface area (TPSA) is 61.4 Å². The first kappa shape index (κ1) is 11.8. The Balaban J connectivity index is 2.27. The molecule has 0 spiro atoms. The lowest BCUT2D eigenvalue weighted by Gasteiger charge is -2.26. The van der Waals surface area contributed by atoms with Crippen LogP contribution in [-0.4, -0.2) is 43.0 Å². The number of rotatable bonds is 4. The van der Waals surface area contributed by atoms with Crippen molar-refractivity contribution in [1.29, 1.82) is 0 Å². The van der Waals surface area contributed by atoms with Gasteiger partial charge in [-0.25, -0.2) is 4.79 Å². The second-order valence-electron chi connectivity index (χ2n) is 4.20. The molecular weight excluding hydrogens is 194 g/mol. The Labute approximate surface area is 90.2 Å². The second kappa shape index (κ2) is 5.58. The maximum atomic E-state index is 11.4. The summed E-state index contributed by atoms with van der Waals surface area (Å²) < 4.78 is 0. The minimum atomic E-state index is -0.138. The van der Waals surface area contributed by atoms with Gasteiger partial charge in [0.25, 0.3) is 0 Å². The number of hydrogen-bond donors (Lipinski definition) is 2. The molecule has 1 rings (SSSR count). The Bertz CT molecular complexity index is 241. The molecule has 0 bridgehead atoms. The Kier molecular flexibility index (Phi) is 4.39. The zero-order valence-electron chi connectivity index (χ0n) is 9.38. The van der Waals surface area contributed by atoms with Crippen LogP contribution in [0.25, 0.3) is 0 Å². The molecule has 0 unspecified atom stereocenters. The van der Waals surface area contributed by atoms with Crippen molar-refractivity contribution in [3.05, 3.63) is 0 Å². The van der Waals surface area contributed by atoms with Gasteiger partial charge in [0.1, 0.15) is 6.54 Å². The molecule has 1 aliphatic heterocycles. The van der Waals surface area contributed by atoms with E-state index in [1.807, 2.05) is 13.8 Å². The summed E-state index contributed by atoms with van der Waals surface area (Å²) >= 11 is 0.